The summed E-state index contributed by atoms with van der Waals surface area (Å²) in [7, 11) is 0. The van der Waals surface area contributed by atoms with Crippen molar-refractivity contribution in [3.05, 3.63) is 66.8 Å². The molecule has 2 saturated heterocycles. The van der Waals surface area contributed by atoms with Gasteiger partial charge in [0.25, 0.3) is 0 Å². The average molecular weight is 598 g/mol. The Balaban J connectivity index is 1.36. The molecule has 0 radical (unpaired) electrons. The minimum absolute atomic E-state index is 0.0760. The normalized spacial score (nSPS) is 22.3. The summed E-state index contributed by atoms with van der Waals surface area (Å²) in [6, 6.07) is 10.1. The van der Waals surface area contributed by atoms with Crippen LogP contribution in [0.1, 0.15) is 52.2 Å². The van der Waals surface area contributed by atoms with Gasteiger partial charge >= 0.3 is 10.8 Å². The number of anilines is 1. The molecule has 0 saturated carbocycles. The predicted octanol–water partition coefficient (Wildman–Crippen LogP) is 3.96. The Morgan fingerprint density at radius 1 is 1.00 bits per heavy atom. The van der Waals surface area contributed by atoms with Gasteiger partial charge in [0.1, 0.15) is 11.8 Å². The maximum Gasteiger partial charge on any atom is 0.338 e. The summed E-state index contributed by atoms with van der Waals surface area (Å²) in [6.07, 6.45) is 3.00. The molecule has 208 valence electrons. The Morgan fingerprint density at radius 3 is 2.42 bits per heavy atom. The number of imide groups is 1. The van der Waals surface area contributed by atoms with Gasteiger partial charge in [0.15, 0.2) is 0 Å². The standard InChI is InChI=1S/C28H27N3O6S3/c1-2-37-27(35)16-8-10-17(11-9-16)31-24(33)21-20(18-7-6-14-38-18)23-26(39-22(21)25(31)34)30(28(36)40-23)15-19(32)29-12-4-3-5-13-29/h6-11,14,20-22H,2-5,12-13,15H2,1H3/t20-,21-,22+/m0/s1. The van der Waals surface area contributed by atoms with E-state index >= 15 is 0 Å². The number of rotatable bonds is 6. The first-order chi connectivity index (χ1) is 19.4. The number of nitrogens with zero attached hydrogens (tertiary/aromatic N) is 3. The number of aromatic nitrogens is 1. The number of ether oxygens (including phenoxy) is 1. The van der Waals surface area contributed by atoms with Gasteiger partial charge in [-0.1, -0.05) is 29.2 Å². The van der Waals surface area contributed by atoms with E-state index < -0.39 is 23.1 Å². The summed E-state index contributed by atoms with van der Waals surface area (Å²) >= 11 is 3.75. The van der Waals surface area contributed by atoms with E-state index in [0.29, 0.717) is 29.4 Å². The molecule has 40 heavy (non-hydrogen) atoms. The number of amides is 3. The van der Waals surface area contributed by atoms with Crippen LogP contribution >= 0.6 is 34.4 Å². The quantitative estimate of drug-likeness (QED) is 0.313. The monoisotopic (exact) mass is 597 g/mol. The number of fused-ring (bicyclic) bond motifs is 2. The summed E-state index contributed by atoms with van der Waals surface area (Å²) in [5.74, 6) is -2.45. The van der Waals surface area contributed by atoms with Gasteiger partial charge in [-0.05, 0) is 61.9 Å². The van der Waals surface area contributed by atoms with E-state index in [2.05, 4.69) is 0 Å². The third-order valence-corrected chi connectivity index (χ3v) is 11.1. The van der Waals surface area contributed by atoms with Gasteiger partial charge in [0.05, 0.1) is 28.8 Å². The van der Waals surface area contributed by atoms with Crippen LogP contribution in [0.3, 0.4) is 0 Å². The van der Waals surface area contributed by atoms with Crippen LogP contribution in [0.5, 0.6) is 0 Å². The molecule has 3 atom stereocenters. The van der Waals surface area contributed by atoms with Crippen molar-refractivity contribution in [1.29, 1.82) is 0 Å². The van der Waals surface area contributed by atoms with Crippen LogP contribution < -0.4 is 9.77 Å². The average Bonchev–Trinajstić information content (AvgIpc) is 3.66. The highest BCUT2D eigenvalue weighted by atomic mass is 32.2. The molecule has 6 rings (SSSR count). The Bertz CT molecular complexity index is 1520. The van der Waals surface area contributed by atoms with Gasteiger partial charge in [-0.15, -0.1) is 11.3 Å². The summed E-state index contributed by atoms with van der Waals surface area (Å²) < 4.78 is 6.53. The molecule has 3 amide bonds. The van der Waals surface area contributed by atoms with Crippen molar-refractivity contribution < 1.29 is 23.9 Å². The minimum atomic E-state index is -0.748. The smallest absolute Gasteiger partial charge is 0.338 e. The van der Waals surface area contributed by atoms with Crippen molar-refractivity contribution in [2.75, 3.05) is 24.6 Å². The van der Waals surface area contributed by atoms with Crippen LogP contribution in [0.25, 0.3) is 0 Å². The van der Waals surface area contributed by atoms with Crippen molar-refractivity contribution in [2.24, 2.45) is 5.92 Å². The van der Waals surface area contributed by atoms with Gasteiger partial charge in [-0.2, -0.15) is 0 Å². The Morgan fingerprint density at radius 2 is 1.75 bits per heavy atom. The summed E-state index contributed by atoms with van der Waals surface area (Å²) in [5.41, 5.74) is 0.710. The Kier molecular flexibility index (Phi) is 7.41. The molecule has 0 unspecified atom stereocenters. The first kappa shape index (κ1) is 27.0. The van der Waals surface area contributed by atoms with Crippen LogP contribution in [-0.4, -0.2) is 58.1 Å². The zero-order chi connectivity index (χ0) is 28.0. The molecule has 3 aliphatic rings. The molecule has 12 heteroatoms. The first-order valence-electron chi connectivity index (χ1n) is 13.3. The van der Waals surface area contributed by atoms with E-state index in [1.165, 1.54) is 32.6 Å². The Hall–Kier alpha value is -3.22. The van der Waals surface area contributed by atoms with Crippen LogP contribution in [0, 0.1) is 5.92 Å². The second-order valence-electron chi connectivity index (χ2n) is 9.90. The molecular formula is C28H27N3O6S3. The number of carbonyl (C=O) groups excluding carboxylic acids is 4. The zero-order valence-corrected chi connectivity index (χ0v) is 24.2. The SMILES string of the molecule is CCOC(=O)c1ccc(N2C(=O)[C@H]3[C@H](c4cccs4)c4sc(=O)n(CC(=O)N5CCCCC5)c4S[C@H]3C2=O)cc1. The lowest BCUT2D eigenvalue weighted by atomic mass is 9.87. The number of thiophene rings is 1. The third-order valence-electron chi connectivity index (χ3n) is 7.54. The van der Waals surface area contributed by atoms with Gasteiger partial charge < -0.3 is 9.64 Å². The summed E-state index contributed by atoms with van der Waals surface area (Å²) in [6.45, 7) is 3.26. The molecule has 0 N–H and O–H groups in total. The second-order valence-corrected chi connectivity index (χ2v) is 13.0. The fraction of sp³-hybridized carbons (Fsp3) is 0.393. The highest BCUT2D eigenvalue weighted by Crippen LogP contribution is 2.54. The number of benzene rings is 1. The second kappa shape index (κ2) is 11.0. The van der Waals surface area contributed by atoms with Crippen molar-refractivity contribution in [2.45, 2.75) is 48.9 Å². The van der Waals surface area contributed by atoms with E-state index in [0.717, 1.165) is 40.4 Å². The number of thioether (sulfide) groups is 1. The predicted molar refractivity (Wildman–Crippen MR) is 153 cm³/mol. The lowest BCUT2D eigenvalue weighted by Gasteiger charge is -2.30. The fourth-order valence-corrected chi connectivity index (χ4v) is 9.35. The number of hydrogen-bond acceptors (Lipinski definition) is 9. The van der Waals surface area contributed by atoms with E-state index in [4.69, 9.17) is 4.74 Å². The molecule has 9 nitrogen and oxygen atoms in total. The molecule has 1 aromatic carbocycles. The number of likely N-dealkylation sites (tertiary alicyclic amines) is 1. The van der Waals surface area contributed by atoms with E-state index in [1.54, 1.807) is 36.1 Å². The number of carbonyl (C=O) groups is 4. The molecule has 0 aliphatic carbocycles. The fourth-order valence-electron chi connectivity index (χ4n) is 5.62. The third kappa shape index (κ3) is 4.61. The zero-order valence-electron chi connectivity index (χ0n) is 21.7. The van der Waals surface area contributed by atoms with E-state index in [-0.39, 0.29) is 35.7 Å². The molecule has 0 bridgehead atoms. The molecule has 3 aliphatic heterocycles. The van der Waals surface area contributed by atoms with Gasteiger partial charge in [-0.3, -0.25) is 23.7 Å². The maximum atomic E-state index is 13.9. The molecule has 2 aromatic heterocycles. The van der Waals surface area contributed by atoms with Gasteiger partial charge in [-0.25, -0.2) is 9.69 Å². The molecule has 2 fully saturated rings. The molecule has 3 aromatic rings. The first-order valence-corrected chi connectivity index (χ1v) is 15.8. The number of thiazole rings is 1. The van der Waals surface area contributed by atoms with Crippen LogP contribution in [0.4, 0.5) is 5.69 Å². The lowest BCUT2D eigenvalue weighted by Crippen LogP contribution is -2.39. The maximum absolute atomic E-state index is 13.9. The largest absolute Gasteiger partial charge is 0.462 e. The van der Waals surface area contributed by atoms with Crippen LogP contribution in [0.2, 0.25) is 0 Å². The van der Waals surface area contributed by atoms with Crippen LogP contribution in [0.15, 0.2) is 51.6 Å². The van der Waals surface area contributed by atoms with Crippen molar-refractivity contribution in [1.82, 2.24) is 9.47 Å². The van der Waals surface area contributed by atoms with Gasteiger partial charge in [0.2, 0.25) is 17.7 Å². The minimum Gasteiger partial charge on any atom is -0.462 e. The topological polar surface area (TPSA) is 106 Å². The molecular weight excluding hydrogens is 571 g/mol. The van der Waals surface area contributed by atoms with Crippen molar-refractivity contribution >= 4 is 63.8 Å². The summed E-state index contributed by atoms with van der Waals surface area (Å²) in [4.78, 5) is 70.5. The van der Waals surface area contributed by atoms with Crippen molar-refractivity contribution in [3.8, 4) is 0 Å². The van der Waals surface area contributed by atoms with Crippen molar-refractivity contribution in [3.63, 3.8) is 0 Å². The van der Waals surface area contributed by atoms with Gasteiger partial charge in [0, 0.05) is 28.8 Å². The highest BCUT2D eigenvalue weighted by Gasteiger charge is 2.57. The summed E-state index contributed by atoms with van der Waals surface area (Å²) in [5, 5.41) is 1.77. The van der Waals surface area contributed by atoms with E-state index in [9.17, 15) is 24.0 Å². The lowest BCUT2D eigenvalue weighted by molar-refractivity contribution is -0.133. The number of esters is 1. The van der Waals surface area contributed by atoms with Crippen LogP contribution in [-0.2, 0) is 25.7 Å². The molecule has 5 heterocycles. The number of piperidine rings is 1. The number of hydrogen-bond donors (Lipinski definition) is 0. The van der Waals surface area contributed by atoms with E-state index in [1.807, 2.05) is 17.5 Å². The highest BCUT2D eigenvalue weighted by molar-refractivity contribution is 8.00. The molecule has 0 spiro atoms. The Labute approximate surface area is 242 Å².